The summed E-state index contributed by atoms with van der Waals surface area (Å²) in [5, 5.41) is 8.09. The van der Waals surface area contributed by atoms with E-state index in [1.807, 2.05) is 17.9 Å². The van der Waals surface area contributed by atoms with Crippen LogP contribution in [0, 0.1) is 11.3 Å². The summed E-state index contributed by atoms with van der Waals surface area (Å²) < 4.78 is 1.87. The van der Waals surface area contributed by atoms with Crippen molar-refractivity contribution >= 4 is 0 Å². The minimum atomic E-state index is 0.516. The summed E-state index contributed by atoms with van der Waals surface area (Å²) in [7, 11) is 1.97. The van der Waals surface area contributed by atoms with E-state index in [9.17, 15) is 0 Å². The van der Waals surface area contributed by atoms with Crippen molar-refractivity contribution in [2.24, 2.45) is 18.4 Å². The van der Waals surface area contributed by atoms with Crippen LogP contribution in [0.3, 0.4) is 0 Å². The average molecular weight is 235 g/mol. The summed E-state index contributed by atoms with van der Waals surface area (Å²) in [6, 6.07) is 2.79. The largest absolute Gasteiger partial charge is 0.313 e. The lowest BCUT2D eigenvalue weighted by Crippen LogP contribution is -2.33. The summed E-state index contributed by atoms with van der Waals surface area (Å²) in [4.78, 5) is 0. The molecule has 1 aliphatic carbocycles. The van der Waals surface area contributed by atoms with E-state index < -0.39 is 0 Å². The van der Waals surface area contributed by atoms with Crippen molar-refractivity contribution in [2.75, 3.05) is 6.54 Å². The van der Waals surface area contributed by atoms with E-state index in [-0.39, 0.29) is 0 Å². The van der Waals surface area contributed by atoms with E-state index >= 15 is 0 Å². The smallest absolute Gasteiger partial charge is 0.0637 e. The number of hydrogen-bond donors (Lipinski definition) is 1. The van der Waals surface area contributed by atoms with Crippen molar-refractivity contribution in [2.45, 2.75) is 46.1 Å². The Bertz CT molecular complexity index is 367. The second-order valence-electron chi connectivity index (χ2n) is 6.34. The van der Waals surface area contributed by atoms with Crippen LogP contribution in [0.25, 0.3) is 0 Å². The quantitative estimate of drug-likeness (QED) is 0.868. The van der Waals surface area contributed by atoms with Gasteiger partial charge in [-0.25, -0.2) is 0 Å². The van der Waals surface area contributed by atoms with Crippen LogP contribution in [0.1, 0.15) is 39.3 Å². The molecule has 0 radical (unpaired) electrons. The summed E-state index contributed by atoms with van der Waals surface area (Å²) >= 11 is 0. The molecule has 1 aromatic rings. The Morgan fingerprint density at radius 3 is 2.76 bits per heavy atom. The number of nitrogens with zero attached hydrogens (tertiary/aromatic N) is 2. The predicted molar refractivity (Wildman–Crippen MR) is 70.9 cm³/mol. The summed E-state index contributed by atoms with van der Waals surface area (Å²) in [6.07, 6.45) is 5.69. The standard InChI is InChI=1S/C14H25N3/c1-11-9-14(2,3)10-13(11)15-7-5-12-6-8-17(4)16-12/h6,8,11,13,15H,5,7,9-10H2,1-4H3. The van der Waals surface area contributed by atoms with Crippen LogP contribution in [0.5, 0.6) is 0 Å². The third-order valence-electron chi connectivity index (χ3n) is 3.89. The highest BCUT2D eigenvalue weighted by Gasteiger charge is 2.35. The molecule has 96 valence electrons. The Labute approximate surface area is 105 Å². The van der Waals surface area contributed by atoms with Gasteiger partial charge in [0, 0.05) is 32.3 Å². The van der Waals surface area contributed by atoms with Gasteiger partial charge in [0.1, 0.15) is 0 Å². The highest BCUT2D eigenvalue weighted by atomic mass is 15.2. The normalized spacial score (nSPS) is 27.5. The Hall–Kier alpha value is -0.830. The second-order valence-corrected chi connectivity index (χ2v) is 6.34. The molecule has 0 saturated heterocycles. The van der Waals surface area contributed by atoms with Crippen LogP contribution in [0.2, 0.25) is 0 Å². The Balaban J connectivity index is 1.76. The predicted octanol–water partition coefficient (Wildman–Crippen LogP) is 2.38. The minimum Gasteiger partial charge on any atom is -0.313 e. The molecule has 2 atom stereocenters. The molecule has 1 N–H and O–H groups in total. The lowest BCUT2D eigenvalue weighted by atomic mass is 9.91. The highest BCUT2D eigenvalue weighted by Crippen LogP contribution is 2.40. The topological polar surface area (TPSA) is 29.9 Å². The molecule has 0 aromatic carbocycles. The van der Waals surface area contributed by atoms with E-state index in [0.29, 0.717) is 11.5 Å². The molecule has 2 rings (SSSR count). The van der Waals surface area contributed by atoms with Gasteiger partial charge in [0.2, 0.25) is 0 Å². The second kappa shape index (κ2) is 4.81. The van der Waals surface area contributed by atoms with Crippen LogP contribution in [-0.4, -0.2) is 22.4 Å². The van der Waals surface area contributed by atoms with E-state index in [0.717, 1.165) is 18.9 Å². The molecule has 0 spiro atoms. The Morgan fingerprint density at radius 2 is 2.24 bits per heavy atom. The van der Waals surface area contributed by atoms with E-state index in [1.54, 1.807) is 0 Å². The van der Waals surface area contributed by atoms with Gasteiger partial charge in [-0.2, -0.15) is 5.10 Å². The molecule has 1 heterocycles. The molecule has 1 aliphatic rings. The van der Waals surface area contributed by atoms with Gasteiger partial charge in [0.25, 0.3) is 0 Å². The van der Waals surface area contributed by atoms with Crippen molar-refractivity contribution in [3.05, 3.63) is 18.0 Å². The van der Waals surface area contributed by atoms with Gasteiger partial charge in [-0.05, 0) is 30.2 Å². The monoisotopic (exact) mass is 235 g/mol. The molecule has 3 heteroatoms. The van der Waals surface area contributed by atoms with Crippen molar-refractivity contribution in [3.8, 4) is 0 Å². The van der Waals surface area contributed by atoms with Crippen molar-refractivity contribution in [3.63, 3.8) is 0 Å². The Kier molecular flexibility index (Phi) is 3.57. The van der Waals surface area contributed by atoms with Crippen LogP contribution >= 0.6 is 0 Å². The van der Waals surface area contributed by atoms with Gasteiger partial charge in [-0.1, -0.05) is 20.8 Å². The SMILES string of the molecule is CC1CC(C)(C)CC1NCCc1ccn(C)n1. The summed E-state index contributed by atoms with van der Waals surface area (Å²) in [5.41, 5.74) is 1.70. The van der Waals surface area contributed by atoms with Crippen LogP contribution < -0.4 is 5.32 Å². The fourth-order valence-electron chi connectivity index (χ4n) is 3.15. The minimum absolute atomic E-state index is 0.516. The summed E-state index contributed by atoms with van der Waals surface area (Å²) in [6.45, 7) is 8.17. The summed E-state index contributed by atoms with van der Waals surface area (Å²) in [5.74, 6) is 0.800. The zero-order valence-corrected chi connectivity index (χ0v) is 11.5. The molecule has 1 fully saturated rings. The number of rotatable bonds is 4. The van der Waals surface area contributed by atoms with Gasteiger partial charge in [-0.3, -0.25) is 4.68 Å². The van der Waals surface area contributed by atoms with Gasteiger partial charge in [-0.15, -0.1) is 0 Å². The number of aryl methyl sites for hydroxylation is 1. The van der Waals surface area contributed by atoms with Crippen LogP contribution in [0.4, 0.5) is 0 Å². The van der Waals surface area contributed by atoms with Crippen LogP contribution in [0.15, 0.2) is 12.3 Å². The first kappa shape index (κ1) is 12.6. The molecule has 3 nitrogen and oxygen atoms in total. The van der Waals surface area contributed by atoms with Crippen molar-refractivity contribution in [1.82, 2.24) is 15.1 Å². The van der Waals surface area contributed by atoms with Gasteiger partial charge in [0.15, 0.2) is 0 Å². The van der Waals surface area contributed by atoms with Crippen molar-refractivity contribution < 1.29 is 0 Å². The fraction of sp³-hybridized carbons (Fsp3) is 0.786. The van der Waals surface area contributed by atoms with E-state index in [2.05, 4.69) is 37.3 Å². The highest BCUT2D eigenvalue weighted by molar-refractivity contribution is 4.99. The molecule has 0 aliphatic heterocycles. The first-order valence-electron chi connectivity index (χ1n) is 6.68. The average Bonchev–Trinajstić information content (AvgIpc) is 2.71. The molecule has 2 unspecified atom stereocenters. The zero-order valence-electron chi connectivity index (χ0n) is 11.5. The van der Waals surface area contributed by atoms with E-state index in [1.165, 1.54) is 18.5 Å². The fourth-order valence-corrected chi connectivity index (χ4v) is 3.15. The molecule has 0 bridgehead atoms. The first-order valence-corrected chi connectivity index (χ1v) is 6.68. The molecular weight excluding hydrogens is 210 g/mol. The molecular formula is C14H25N3. The maximum atomic E-state index is 4.40. The van der Waals surface area contributed by atoms with E-state index in [4.69, 9.17) is 0 Å². The maximum absolute atomic E-state index is 4.40. The molecule has 1 saturated carbocycles. The Morgan fingerprint density at radius 1 is 1.47 bits per heavy atom. The number of nitrogens with one attached hydrogen (secondary N) is 1. The molecule has 0 amide bonds. The number of aromatic nitrogens is 2. The lowest BCUT2D eigenvalue weighted by molar-refractivity contribution is 0.362. The maximum Gasteiger partial charge on any atom is 0.0637 e. The van der Waals surface area contributed by atoms with Gasteiger partial charge in [0.05, 0.1) is 5.69 Å². The zero-order chi connectivity index (χ0) is 12.5. The van der Waals surface area contributed by atoms with Gasteiger partial charge >= 0.3 is 0 Å². The third kappa shape index (κ3) is 3.32. The lowest BCUT2D eigenvalue weighted by Gasteiger charge is -2.18. The number of hydrogen-bond acceptors (Lipinski definition) is 2. The molecule has 17 heavy (non-hydrogen) atoms. The van der Waals surface area contributed by atoms with Crippen LogP contribution in [-0.2, 0) is 13.5 Å². The molecule has 1 aromatic heterocycles. The first-order chi connectivity index (χ1) is 7.96. The third-order valence-corrected chi connectivity index (χ3v) is 3.89. The van der Waals surface area contributed by atoms with Crippen molar-refractivity contribution in [1.29, 1.82) is 0 Å². The van der Waals surface area contributed by atoms with Gasteiger partial charge < -0.3 is 5.32 Å².